The van der Waals surface area contributed by atoms with Gasteiger partial charge in [-0.05, 0) is 30.9 Å². The number of benzene rings is 1. The number of ketones is 2. The molecule has 2 aromatic rings. The Bertz CT molecular complexity index is 806. The monoisotopic (exact) mass is 309 g/mol. The third-order valence-electron chi connectivity index (χ3n) is 5.37. The largest absolute Gasteiger partial charge is 0.505 e. The van der Waals surface area contributed by atoms with E-state index >= 15 is 0 Å². The van der Waals surface area contributed by atoms with Gasteiger partial charge in [0.05, 0.1) is 5.56 Å². The Labute approximate surface area is 134 Å². The van der Waals surface area contributed by atoms with Gasteiger partial charge in [-0.1, -0.05) is 25.3 Å². The molecule has 1 saturated carbocycles. The third-order valence-corrected chi connectivity index (χ3v) is 5.37. The summed E-state index contributed by atoms with van der Waals surface area (Å²) in [5.74, 6) is -0.157. The number of carbonyl (C=O) groups is 2. The first kappa shape index (κ1) is 14.4. The molecule has 0 radical (unpaired) electrons. The highest BCUT2D eigenvalue weighted by molar-refractivity contribution is 6.19. The minimum atomic E-state index is -0.219. The van der Waals surface area contributed by atoms with Gasteiger partial charge in [0.1, 0.15) is 5.52 Å². The van der Waals surface area contributed by atoms with Crippen LogP contribution in [0, 0.1) is 11.8 Å². The van der Waals surface area contributed by atoms with Crippen LogP contribution in [0.5, 0.6) is 5.75 Å². The summed E-state index contributed by atoms with van der Waals surface area (Å²) in [7, 11) is 0. The second-order valence-corrected chi connectivity index (χ2v) is 6.72. The van der Waals surface area contributed by atoms with Crippen molar-refractivity contribution in [2.45, 2.75) is 38.5 Å². The maximum absolute atomic E-state index is 13.0. The molecule has 0 saturated heterocycles. The van der Waals surface area contributed by atoms with Crippen molar-refractivity contribution in [3.8, 4) is 5.75 Å². The van der Waals surface area contributed by atoms with Crippen molar-refractivity contribution in [1.82, 2.24) is 4.98 Å². The first-order valence-electron chi connectivity index (χ1n) is 8.35. The molecule has 1 aromatic heterocycles. The molecule has 4 rings (SSSR count). The van der Waals surface area contributed by atoms with E-state index in [1.54, 1.807) is 18.3 Å². The maximum atomic E-state index is 13.0. The zero-order chi connectivity index (χ0) is 16.0. The van der Waals surface area contributed by atoms with Crippen molar-refractivity contribution in [2.75, 3.05) is 0 Å². The normalized spacial score (nSPS) is 22.3. The van der Waals surface area contributed by atoms with Crippen LogP contribution >= 0.6 is 0 Å². The number of phenols is 1. The maximum Gasteiger partial charge on any atom is 0.168 e. The third kappa shape index (κ3) is 2.24. The van der Waals surface area contributed by atoms with Gasteiger partial charge in [0.25, 0.3) is 0 Å². The topological polar surface area (TPSA) is 67.3 Å². The molecule has 1 aromatic carbocycles. The van der Waals surface area contributed by atoms with E-state index in [9.17, 15) is 14.7 Å². The Balaban J connectivity index is 1.83. The van der Waals surface area contributed by atoms with Gasteiger partial charge in [-0.25, -0.2) is 0 Å². The molecule has 0 aliphatic heterocycles. The number of aromatic hydroxyl groups is 1. The van der Waals surface area contributed by atoms with Crippen molar-refractivity contribution in [1.29, 1.82) is 0 Å². The number of fused-ring (bicyclic) bond motifs is 2. The zero-order valence-electron chi connectivity index (χ0n) is 12.9. The minimum absolute atomic E-state index is 0.0209. The van der Waals surface area contributed by atoms with Gasteiger partial charge < -0.3 is 5.11 Å². The highest BCUT2D eigenvalue weighted by Gasteiger charge is 2.39. The minimum Gasteiger partial charge on any atom is -0.505 e. The van der Waals surface area contributed by atoms with E-state index in [0.29, 0.717) is 22.4 Å². The fourth-order valence-electron chi connectivity index (χ4n) is 4.19. The van der Waals surface area contributed by atoms with Crippen LogP contribution < -0.4 is 0 Å². The molecule has 2 aliphatic rings. The first-order chi connectivity index (χ1) is 11.2. The summed E-state index contributed by atoms with van der Waals surface area (Å²) in [5, 5.41) is 11.1. The predicted octanol–water partition coefficient (Wildman–Crippen LogP) is 3.91. The molecular weight excluding hydrogens is 290 g/mol. The average molecular weight is 309 g/mol. The van der Waals surface area contributed by atoms with E-state index in [0.717, 1.165) is 25.7 Å². The van der Waals surface area contributed by atoms with E-state index in [1.807, 2.05) is 6.07 Å². The Morgan fingerprint density at radius 3 is 2.70 bits per heavy atom. The van der Waals surface area contributed by atoms with Crippen molar-refractivity contribution >= 4 is 22.5 Å². The highest BCUT2D eigenvalue weighted by Crippen LogP contribution is 2.41. The highest BCUT2D eigenvalue weighted by atomic mass is 16.3. The lowest BCUT2D eigenvalue weighted by Crippen LogP contribution is -2.33. The quantitative estimate of drug-likeness (QED) is 0.867. The molecule has 0 amide bonds. The fraction of sp³-hybridized carbons (Fsp3) is 0.421. The van der Waals surface area contributed by atoms with Gasteiger partial charge in [0.15, 0.2) is 17.3 Å². The van der Waals surface area contributed by atoms with E-state index in [1.165, 1.54) is 6.42 Å². The summed E-state index contributed by atoms with van der Waals surface area (Å²) in [6, 6.07) is 5.30. The summed E-state index contributed by atoms with van der Waals surface area (Å²) >= 11 is 0. The number of Topliss-reactive ketones (excluding diaryl/α,β-unsaturated/α-hetero) is 2. The summed E-state index contributed by atoms with van der Waals surface area (Å²) in [6.07, 6.45) is 7.36. The van der Waals surface area contributed by atoms with Crippen LogP contribution in [0.2, 0.25) is 0 Å². The SMILES string of the molecule is O=C1C[C@H](C2CCCCC2)C(=O)c2cc3cccnc3c(O)c21. The van der Waals surface area contributed by atoms with Crippen LogP contribution in [-0.2, 0) is 0 Å². The number of aromatic nitrogens is 1. The Morgan fingerprint density at radius 2 is 1.91 bits per heavy atom. The second-order valence-electron chi connectivity index (χ2n) is 6.72. The molecule has 1 fully saturated rings. The lowest BCUT2D eigenvalue weighted by molar-refractivity contribution is 0.0745. The number of pyridine rings is 1. The van der Waals surface area contributed by atoms with E-state index in [4.69, 9.17) is 0 Å². The van der Waals surface area contributed by atoms with Gasteiger partial charge >= 0.3 is 0 Å². The van der Waals surface area contributed by atoms with Crippen LogP contribution in [0.15, 0.2) is 24.4 Å². The number of hydrogen-bond acceptors (Lipinski definition) is 4. The number of phenolic OH excluding ortho intramolecular Hbond substituents is 1. The Morgan fingerprint density at radius 1 is 1.13 bits per heavy atom. The molecule has 23 heavy (non-hydrogen) atoms. The summed E-state index contributed by atoms with van der Waals surface area (Å²) in [4.78, 5) is 29.7. The molecule has 0 unspecified atom stereocenters. The fourth-order valence-corrected chi connectivity index (χ4v) is 4.19. The molecule has 4 heteroatoms. The van der Waals surface area contributed by atoms with Gasteiger partial charge in [-0.15, -0.1) is 0 Å². The smallest absolute Gasteiger partial charge is 0.168 e. The van der Waals surface area contributed by atoms with Crippen molar-refractivity contribution < 1.29 is 14.7 Å². The lowest BCUT2D eigenvalue weighted by Gasteiger charge is -2.32. The molecule has 2 aliphatic carbocycles. The van der Waals surface area contributed by atoms with Crippen LogP contribution in [0.1, 0.15) is 59.2 Å². The molecule has 0 spiro atoms. The Hall–Kier alpha value is -2.23. The van der Waals surface area contributed by atoms with Gasteiger partial charge in [-0.3, -0.25) is 14.6 Å². The lowest BCUT2D eigenvalue weighted by atomic mass is 9.70. The Kier molecular flexibility index (Phi) is 3.40. The van der Waals surface area contributed by atoms with Crippen LogP contribution in [0.25, 0.3) is 10.9 Å². The molecular formula is C19H19NO3. The van der Waals surface area contributed by atoms with Crippen LogP contribution in [-0.4, -0.2) is 21.7 Å². The molecule has 118 valence electrons. The average Bonchev–Trinajstić information content (AvgIpc) is 2.59. The molecule has 0 bridgehead atoms. The van der Waals surface area contributed by atoms with Crippen molar-refractivity contribution in [3.05, 3.63) is 35.5 Å². The van der Waals surface area contributed by atoms with Crippen LogP contribution in [0.3, 0.4) is 0 Å². The first-order valence-corrected chi connectivity index (χ1v) is 8.35. The van der Waals surface area contributed by atoms with E-state index < -0.39 is 0 Å². The predicted molar refractivity (Wildman–Crippen MR) is 86.8 cm³/mol. The number of nitrogens with zero attached hydrogens (tertiary/aromatic N) is 1. The van der Waals surface area contributed by atoms with Crippen molar-refractivity contribution in [2.24, 2.45) is 11.8 Å². The summed E-state index contributed by atoms with van der Waals surface area (Å²) in [6.45, 7) is 0. The molecule has 1 N–H and O–H groups in total. The van der Waals surface area contributed by atoms with Gasteiger partial charge in [0, 0.05) is 29.5 Å². The van der Waals surface area contributed by atoms with Gasteiger partial charge in [-0.2, -0.15) is 0 Å². The number of carbonyl (C=O) groups excluding carboxylic acids is 2. The number of rotatable bonds is 1. The summed E-state index contributed by atoms with van der Waals surface area (Å²) < 4.78 is 0. The van der Waals surface area contributed by atoms with E-state index in [2.05, 4.69) is 4.98 Å². The van der Waals surface area contributed by atoms with Crippen LogP contribution in [0.4, 0.5) is 0 Å². The standard InChI is InChI=1S/C19H19NO3/c21-15-10-13(11-5-2-1-3-6-11)18(22)14-9-12-7-4-8-20-17(12)19(23)16(14)15/h4,7-9,11,13,23H,1-3,5-6,10H2/t13-/m1/s1. The van der Waals surface area contributed by atoms with Crippen molar-refractivity contribution in [3.63, 3.8) is 0 Å². The molecule has 1 atom stereocenters. The van der Waals surface area contributed by atoms with E-state index in [-0.39, 0.29) is 35.2 Å². The second kappa shape index (κ2) is 5.44. The molecule has 1 heterocycles. The zero-order valence-corrected chi connectivity index (χ0v) is 12.9. The summed E-state index contributed by atoms with van der Waals surface area (Å²) in [5.41, 5.74) is 0.951. The molecule has 4 nitrogen and oxygen atoms in total. The number of hydrogen-bond donors (Lipinski definition) is 1. The van der Waals surface area contributed by atoms with Gasteiger partial charge in [0.2, 0.25) is 0 Å².